The number of rotatable bonds is 4. The summed E-state index contributed by atoms with van der Waals surface area (Å²) in [5, 5.41) is 0. The summed E-state index contributed by atoms with van der Waals surface area (Å²) < 4.78 is 41.0. The fourth-order valence-corrected chi connectivity index (χ4v) is 1.79. The normalized spacial score (nSPS) is 12.1. The van der Waals surface area contributed by atoms with E-state index in [2.05, 4.69) is 4.74 Å². The van der Waals surface area contributed by atoms with Gasteiger partial charge in [-0.25, -0.2) is 0 Å². The van der Waals surface area contributed by atoms with Crippen LogP contribution in [0.5, 0.6) is 5.75 Å². The quantitative estimate of drug-likeness (QED) is 0.842. The monoisotopic (exact) mass is 303 g/mol. The Kier molecular flexibility index (Phi) is 5.25. The zero-order valence-electron chi connectivity index (χ0n) is 12.6. The highest BCUT2D eigenvalue weighted by Crippen LogP contribution is 2.27. The molecule has 0 aliphatic rings. The number of hydrogen-bond donors (Lipinski definition) is 0. The molecule has 0 radical (unpaired) electrons. The number of nitrogens with zero attached hydrogens (tertiary/aromatic N) is 1. The number of halogens is 3. The van der Waals surface area contributed by atoms with E-state index >= 15 is 0 Å². The largest absolute Gasteiger partial charge is 0.573 e. The van der Waals surface area contributed by atoms with Crippen LogP contribution in [0.3, 0.4) is 0 Å². The van der Waals surface area contributed by atoms with E-state index in [-0.39, 0.29) is 23.6 Å². The Bertz CT molecular complexity index is 492. The van der Waals surface area contributed by atoms with Crippen molar-refractivity contribution in [3.8, 4) is 5.75 Å². The number of hydrogen-bond acceptors (Lipinski definition) is 2. The van der Waals surface area contributed by atoms with Gasteiger partial charge in [0.05, 0.1) is 0 Å². The number of carbonyl (C=O) groups is 1. The maximum Gasteiger partial charge on any atom is 0.573 e. The van der Waals surface area contributed by atoms with Gasteiger partial charge in [-0.05, 0) is 11.5 Å². The first-order chi connectivity index (χ1) is 9.48. The van der Waals surface area contributed by atoms with Gasteiger partial charge in [-0.3, -0.25) is 4.79 Å². The molecule has 0 heterocycles. The molecule has 1 amide bonds. The topological polar surface area (TPSA) is 29.5 Å². The van der Waals surface area contributed by atoms with Gasteiger partial charge in [0.1, 0.15) is 5.75 Å². The fraction of sp³-hybridized carbons (Fsp3) is 0.533. The predicted octanol–water partition coefficient (Wildman–Crippen LogP) is 3.98. The van der Waals surface area contributed by atoms with Gasteiger partial charge in [0.2, 0.25) is 5.91 Å². The molecule has 21 heavy (non-hydrogen) atoms. The van der Waals surface area contributed by atoms with Crippen molar-refractivity contribution in [2.24, 2.45) is 5.41 Å². The first kappa shape index (κ1) is 17.3. The first-order valence-electron chi connectivity index (χ1n) is 6.55. The first-order valence-corrected chi connectivity index (χ1v) is 6.55. The van der Waals surface area contributed by atoms with E-state index in [9.17, 15) is 18.0 Å². The summed E-state index contributed by atoms with van der Waals surface area (Å²) in [5.74, 6) is -0.398. The molecule has 3 nitrogen and oxygen atoms in total. The lowest BCUT2D eigenvalue weighted by Crippen LogP contribution is -2.30. The van der Waals surface area contributed by atoms with Gasteiger partial charge in [0.25, 0.3) is 0 Å². The van der Waals surface area contributed by atoms with Crippen LogP contribution >= 0.6 is 0 Å². The van der Waals surface area contributed by atoms with E-state index in [1.54, 1.807) is 13.1 Å². The molecule has 0 aliphatic carbocycles. The minimum Gasteiger partial charge on any atom is -0.405 e. The Labute approximate surface area is 122 Å². The van der Waals surface area contributed by atoms with Crippen molar-refractivity contribution in [1.82, 2.24) is 4.90 Å². The number of benzene rings is 1. The van der Waals surface area contributed by atoms with Crippen LogP contribution in [-0.2, 0) is 11.3 Å². The van der Waals surface area contributed by atoms with Crippen molar-refractivity contribution < 1.29 is 22.7 Å². The summed E-state index contributed by atoms with van der Waals surface area (Å²) in [4.78, 5) is 13.4. The minimum atomic E-state index is -4.75. The van der Waals surface area contributed by atoms with Gasteiger partial charge in [-0.1, -0.05) is 39.0 Å². The number of ether oxygens (including phenoxy) is 1. The molecule has 0 atom stereocenters. The maximum absolute atomic E-state index is 12.3. The summed E-state index contributed by atoms with van der Waals surface area (Å²) in [6, 6.07) is 5.83. The zero-order chi connectivity index (χ0) is 16.3. The summed E-state index contributed by atoms with van der Waals surface area (Å²) in [7, 11) is 1.57. The third kappa shape index (κ3) is 6.51. The lowest BCUT2D eigenvalue weighted by atomic mass is 9.91. The average Bonchev–Trinajstić information content (AvgIpc) is 2.27. The van der Waals surface area contributed by atoms with Gasteiger partial charge in [0, 0.05) is 25.6 Å². The Morgan fingerprint density at radius 1 is 1.19 bits per heavy atom. The maximum atomic E-state index is 12.3. The third-order valence-electron chi connectivity index (χ3n) is 2.71. The van der Waals surface area contributed by atoms with Crippen LogP contribution in [-0.4, -0.2) is 24.2 Å². The lowest BCUT2D eigenvalue weighted by Gasteiger charge is -2.24. The van der Waals surface area contributed by atoms with Gasteiger partial charge in [0.15, 0.2) is 0 Å². The lowest BCUT2D eigenvalue weighted by molar-refractivity contribution is -0.275. The van der Waals surface area contributed by atoms with Crippen molar-refractivity contribution in [2.75, 3.05) is 7.05 Å². The molecule has 0 N–H and O–H groups in total. The summed E-state index contributed by atoms with van der Waals surface area (Å²) in [6.45, 7) is 5.86. The molecule has 0 aliphatic heterocycles. The highest BCUT2D eigenvalue weighted by Gasteiger charge is 2.32. The molecule has 1 aromatic carbocycles. The molecule has 0 unspecified atom stereocenters. The van der Waals surface area contributed by atoms with E-state index in [0.717, 1.165) is 0 Å². The van der Waals surface area contributed by atoms with E-state index in [0.29, 0.717) is 12.0 Å². The van der Waals surface area contributed by atoms with Crippen molar-refractivity contribution in [2.45, 2.75) is 40.1 Å². The summed E-state index contributed by atoms with van der Waals surface area (Å²) in [5.41, 5.74) is 0.146. The van der Waals surface area contributed by atoms with Crippen molar-refractivity contribution in [1.29, 1.82) is 0 Å². The second kappa shape index (κ2) is 6.37. The third-order valence-corrected chi connectivity index (χ3v) is 2.71. The van der Waals surface area contributed by atoms with E-state index in [1.807, 2.05) is 20.8 Å². The number of amides is 1. The molecule has 1 rings (SSSR count). The van der Waals surface area contributed by atoms with Crippen LogP contribution < -0.4 is 4.74 Å². The number of carbonyl (C=O) groups excluding carboxylic acids is 1. The molecule has 0 saturated heterocycles. The van der Waals surface area contributed by atoms with Gasteiger partial charge >= 0.3 is 6.36 Å². The van der Waals surface area contributed by atoms with Gasteiger partial charge in [-0.2, -0.15) is 0 Å². The molecule has 1 aromatic rings. The molecule has 6 heteroatoms. The molecule has 0 saturated carbocycles. The standard InChI is InChI=1S/C15H20F3NO2/c1-14(2,3)9-13(20)19(4)10-11-7-5-6-8-12(11)21-15(16,17)18/h5-8H,9-10H2,1-4H3. The molecular weight excluding hydrogens is 283 g/mol. The highest BCUT2D eigenvalue weighted by atomic mass is 19.4. The number of para-hydroxylation sites is 1. The highest BCUT2D eigenvalue weighted by molar-refractivity contribution is 5.76. The smallest absolute Gasteiger partial charge is 0.405 e. The Morgan fingerprint density at radius 2 is 1.76 bits per heavy atom. The molecular formula is C15H20F3NO2. The van der Waals surface area contributed by atoms with Crippen LogP contribution in [0.1, 0.15) is 32.8 Å². The fourth-order valence-electron chi connectivity index (χ4n) is 1.79. The van der Waals surface area contributed by atoms with E-state index < -0.39 is 6.36 Å². The second-order valence-corrected chi connectivity index (χ2v) is 6.14. The van der Waals surface area contributed by atoms with Crippen LogP contribution in [0.25, 0.3) is 0 Å². The van der Waals surface area contributed by atoms with Crippen molar-refractivity contribution in [3.63, 3.8) is 0 Å². The van der Waals surface area contributed by atoms with Crippen LogP contribution in [0, 0.1) is 5.41 Å². The van der Waals surface area contributed by atoms with Gasteiger partial charge in [-0.15, -0.1) is 13.2 Å². The van der Waals surface area contributed by atoms with E-state index in [1.165, 1.54) is 23.1 Å². The van der Waals surface area contributed by atoms with Crippen LogP contribution in [0.2, 0.25) is 0 Å². The molecule has 0 fully saturated rings. The minimum absolute atomic E-state index is 0.0706. The van der Waals surface area contributed by atoms with Crippen molar-refractivity contribution >= 4 is 5.91 Å². The second-order valence-electron chi connectivity index (χ2n) is 6.14. The Morgan fingerprint density at radius 3 is 2.29 bits per heavy atom. The number of alkyl halides is 3. The molecule has 0 bridgehead atoms. The van der Waals surface area contributed by atoms with Gasteiger partial charge < -0.3 is 9.64 Å². The summed E-state index contributed by atoms with van der Waals surface area (Å²) >= 11 is 0. The molecule has 0 spiro atoms. The summed E-state index contributed by atoms with van der Waals surface area (Å²) in [6.07, 6.45) is -4.42. The SMILES string of the molecule is CN(Cc1ccccc1OC(F)(F)F)C(=O)CC(C)(C)C. The zero-order valence-corrected chi connectivity index (χ0v) is 12.6. The molecule has 118 valence electrons. The van der Waals surface area contributed by atoms with Crippen molar-refractivity contribution in [3.05, 3.63) is 29.8 Å². The van der Waals surface area contributed by atoms with Crippen LogP contribution in [0.15, 0.2) is 24.3 Å². The Hall–Kier alpha value is -1.72. The predicted molar refractivity (Wildman–Crippen MR) is 73.7 cm³/mol. The Balaban J connectivity index is 2.81. The van der Waals surface area contributed by atoms with E-state index in [4.69, 9.17) is 0 Å². The van der Waals surface area contributed by atoms with Crippen LogP contribution in [0.4, 0.5) is 13.2 Å². The molecule has 0 aromatic heterocycles. The average molecular weight is 303 g/mol.